The van der Waals surface area contributed by atoms with E-state index in [2.05, 4.69) is 23.9 Å². The second-order valence-electron chi connectivity index (χ2n) is 10.0. The molecular formula is C27H40N3O8P. The van der Waals surface area contributed by atoms with E-state index in [1.165, 1.54) is 16.8 Å². The summed E-state index contributed by atoms with van der Waals surface area (Å²) < 4.78 is 38.1. The molecule has 1 aromatic heterocycles. The highest BCUT2D eigenvalue weighted by atomic mass is 31.2. The average Bonchev–Trinajstić information content (AvgIpc) is 3.26. The highest BCUT2D eigenvalue weighted by molar-refractivity contribution is 7.52. The predicted octanol–water partition coefficient (Wildman–Crippen LogP) is 4.40. The summed E-state index contributed by atoms with van der Waals surface area (Å²) in [4.78, 5) is 38.6. The van der Waals surface area contributed by atoms with Crippen LogP contribution in [-0.4, -0.2) is 40.9 Å². The van der Waals surface area contributed by atoms with Crippen LogP contribution in [0.15, 0.2) is 52.2 Å². The van der Waals surface area contributed by atoms with Crippen molar-refractivity contribution in [1.29, 1.82) is 0 Å². The van der Waals surface area contributed by atoms with Gasteiger partial charge in [0.15, 0.2) is 0 Å². The molecule has 11 nitrogen and oxygen atoms in total. The third kappa shape index (κ3) is 9.17. The predicted molar refractivity (Wildman–Crippen MR) is 147 cm³/mol. The van der Waals surface area contributed by atoms with Crippen LogP contribution in [-0.2, 0) is 23.4 Å². The highest BCUT2D eigenvalue weighted by Crippen LogP contribution is 2.46. The Morgan fingerprint density at radius 1 is 1.18 bits per heavy atom. The van der Waals surface area contributed by atoms with Gasteiger partial charge < -0.3 is 14.0 Å². The Morgan fingerprint density at radius 2 is 1.87 bits per heavy atom. The number of H-pyrrole nitrogens is 1. The summed E-state index contributed by atoms with van der Waals surface area (Å²) in [5, 5.41) is 2.71. The number of hydrogen-bond acceptors (Lipinski definition) is 8. The molecule has 0 radical (unpaired) electrons. The number of rotatable bonds is 15. The number of aromatic nitrogens is 2. The van der Waals surface area contributed by atoms with Crippen LogP contribution in [0.2, 0.25) is 0 Å². The van der Waals surface area contributed by atoms with E-state index in [1.54, 1.807) is 37.3 Å². The number of ether oxygens (including phenoxy) is 2. The Bertz CT molecular complexity index is 1210. The van der Waals surface area contributed by atoms with Crippen LogP contribution in [0.25, 0.3) is 0 Å². The molecule has 2 aromatic rings. The molecule has 216 valence electrons. The summed E-state index contributed by atoms with van der Waals surface area (Å²) in [6.45, 7) is 7.83. The van der Waals surface area contributed by atoms with Crippen LogP contribution in [0.3, 0.4) is 0 Å². The maximum Gasteiger partial charge on any atom is 0.459 e. The van der Waals surface area contributed by atoms with E-state index < -0.39 is 43.3 Å². The summed E-state index contributed by atoms with van der Waals surface area (Å²) >= 11 is 0. The lowest BCUT2D eigenvalue weighted by Crippen LogP contribution is -2.36. The van der Waals surface area contributed by atoms with Gasteiger partial charge in [-0.15, -0.1) is 0 Å². The first-order valence-corrected chi connectivity index (χ1v) is 15.1. The molecule has 2 heterocycles. The molecule has 5 unspecified atom stereocenters. The minimum atomic E-state index is -4.05. The molecular weight excluding hydrogens is 525 g/mol. The third-order valence-corrected chi connectivity index (χ3v) is 8.18. The number of hydrogen-bond donors (Lipinski definition) is 2. The molecule has 1 fully saturated rings. The zero-order valence-electron chi connectivity index (χ0n) is 23.0. The minimum absolute atomic E-state index is 0.0855. The van der Waals surface area contributed by atoms with Crippen molar-refractivity contribution >= 4 is 13.7 Å². The van der Waals surface area contributed by atoms with Gasteiger partial charge in [-0.1, -0.05) is 51.8 Å². The number of nitrogens with zero attached hydrogens (tertiary/aromatic N) is 1. The van der Waals surface area contributed by atoms with Gasteiger partial charge in [0.25, 0.3) is 5.56 Å². The fourth-order valence-electron chi connectivity index (χ4n) is 4.63. The molecule has 0 saturated carbocycles. The fraction of sp³-hybridized carbons (Fsp3) is 0.593. The van der Waals surface area contributed by atoms with Gasteiger partial charge in [-0.2, -0.15) is 5.09 Å². The van der Waals surface area contributed by atoms with Crippen molar-refractivity contribution in [2.45, 2.75) is 78.2 Å². The topological polar surface area (TPSA) is 138 Å². The largest absolute Gasteiger partial charge is 0.464 e. The summed E-state index contributed by atoms with van der Waals surface area (Å²) in [5.74, 6) is -0.0453. The van der Waals surface area contributed by atoms with Crippen molar-refractivity contribution in [1.82, 2.24) is 14.6 Å². The van der Waals surface area contributed by atoms with E-state index in [0.717, 1.165) is 25.7 Å². The van der Waals surface area contributed by atoms with E-state index in [0.29, 0.717) is 18.8 Å². The van der Waals surface area contributed by atoms with Crippen LogP contribution < -0.4 is 20.9 Å². The lowest BCUT2D eigenvalue weighted by molar-refractivity contribution is -0.146. The molecule has 0 aliphatic carbocycles. The van der Waals surface area contributed by atoms with Crippen LogP contribution >= 0.6 is 7.75 Å². The lowest BCUT2D eigenvalue weighted by atomic mass is 9.99. The van der Waals surface area contributed by atoms with Gasteiger partial charge >= 0.3 is 19.4 Å². The number of nitrogens with one attached hydrogen (secondary N) is 2. The molecule has 0 bridgehead atoms. The third-order valence-electron chi connectivity index (χ3n) is 6.54. The molecule has 5 atom stereocenters. The molecule has 39 heavy (non-hydrogen) atoms. The normalized spacial score (nSPS) is 21.4. The van der Waals surface area contributed by atoms with Gasteiger partial charge in [0, 0.05) is 18.2 Å². The highest BCUT2D eigenvalue weighted by Gasteiger charge is 2.38. The van der Waals surface area contributed by atoms with Crippen molar-refractivity contribution in [3.05, 3.63) is 63.4 Å². The zero-order valence-corrected chi connectivity index (χ0v) is 23.9. The van der Waals surface area contributed by atoms with Gasteiger partial charge in [-0.3, -0.25) is 23.7 Å². The van der Waals surface area contributed by atoms with Crippen molar-refractivity contribution in [3.63, 3.8) is 0 Å². The fourth-order valence-corrected chi connectivity index (χ4v) is 6.15. The van der Waals surface area contributed by atoms with Crippen molar-refractivity contribution < 1.29 is 27.9 Å². The van der Waals surface area contributed by atoms with Crippen molar-refractivity contribution in [2.75, 3.05) is 13.2 Å². The van der Waals surface area contributed by atoms with E-state index in [4.69, 9.17) is 18.5 Å². The van der Waals surface area contributed by atoms with Gasteiger partial charge in [-0.25, -0.2) is 9.36 Å². The van der Waals surface area contributed by atoms with Crippen molar-refractivity contribution in [2.24, 2.45) is 11.8 Å². The second kappa shape index (κ2) is 14.6. The number of carbonyl (C=O) groups excluding carboxylic acids is 1. The van der Waals surface area contributed by atoms with Crippen LogP contribution in [0.1, 0.15) is 66.0 Å². The van der Waals surface area contributed by atoms with E-state index in [-0.39, 0.29) is 18.4 Å². The lowest BCUT2D eigenvalue weighted by Gasteiger charge is -2.24. The first-order valence-electron chi connectivity index (χ1n) is 13.5. The molecule has 12 heteroatoms. The summed E-state index contributed by atoms with van der Waals surface area (Å²) in [6.07, 6.45) is 4.70. The monoisotopic (exact) mass is 565 g/mol. The Morgan fingerprint density at radius 3 is 2.51 bits per heavy atom. The molecule has 1 aliphatic rings. The molecule has 2 N–H and O–H groups in total. The Kier molecular flexibility index (Phi) is 11.5. The van der Waals surface area contributed by atoms with E-state index >= 15 is 0 Å². The van der Waals surface area contributed by atoms with Gasteiger partial charge in [0.2, 0.25) is 0 Å². The maximum atomic E-state index is 13.8. The van der Waals surface area contributed by atoms with Gasteiger partial charge in [-0.05, 0) is 44.2 Å². The van der Waals surface area contributed by atoms with E-state index in [9.17, 15) is 18.9 Å². The Balaban J connectivity index is 1.66. The first-order chi connectivity index (χ1) is 18.6. The molecule has 1 aromatic carbocycles. The molecule has 0 spiro atoms. The number of esters is 1. The summed E-state index contributed by atoms with van der Waals surface area (Å²) in [6, 6.07) is 8.81. The van der Waals surface area contributed by atoms with Gasteiger partial charge in [0.05, 0.1) is 19.3 Å². The zero-order chi connectivity index (χ0) is 28.4. The van der Waals surface area contributed by atoms with Crippen LogP contribution in [0, 0.1) is 11.8 Å². The Labute approximate surface area is 228 Å². The second-order valence-corrected chi connectivity index (χ2v) is 11.7. The molecule has 1 aliphatic heterocycles. The summed E-state index contributed by atoms with van der Waals surface area (Å²) in [5.41, 5.74) is -1.07. The SMILES string of the molecule is CCCC(CCC)COC(=O)C(C)NP(=O)(OCC1CC(C)C(n2ccc(=O)[nH]c2=O)O1)Oc1ccccc1. The average molecular weight is 566 g/mol. The first kappa shape index (κ1) is 30.8. The minimum Gasteiger partial charge on any atom is -0.464 e. The molecule has 0 amide bonds. The Hall–Kier alpha value is -2.72. The standard InChI is InChI=1S/C27H40N3O8P/c1-5-10-21(11-6-2)17-35-26(32)20(4)29-39(34,38-22-12-8-7-9-13-22)36-18-23-16-19(3)25(37-23)30-15-14-24(31)28-27(30)33/h7-9,12-15,19-21,23,25H,5-6,10-11,16-18H2,1-4H3,(H,29,34)(H,28,31,33). The van der Waals surface area contributed by atoms with Crippen molar-refractivity contribution in [3.8, 4) is 5.75 Å². The smallest absolute Gasteiger partial charge is 0.459 e. The van der Waals surface area contributed by atoms with E-state index in [1.807, 2.05) is 6.92 Å². The number of para-hydroxylation sites is 1. The van der Waals surface area contributed by atoms with Crippen LogP contribution in [0.4, 0.5) is 0 Å². The molecule has 1 saturated heterocycles. The number of benzene rings is 1. The quantitative estimate of drug-likeness (QED) is 0.238. The maximum absolute atomic E-state index is 13.8. The summed E-state index contributed by atoms with van der Waals surface area (Å²) in [7, 11) is -4.05. The van der Waals surface area contributed by atoms with Gasteiger partial charge in [0.1, 0.15) is 18.0 Å². The molecule has 3 rings (SSSR count). The number of carbonyl (C=O) groups is 1. The van der Waals surface area contributed by atoms with Crippen LogP contribution in [0.5, 0.6) is 5.75 Å². The number of aromatic amines is 1.